The smallest absolute Gasteiger partial charge is 0.407 e. The molecule has 0 unspecified atom stereocenters. The summed E-state index contributed by atoms with van der Waals surface area (Å²) in [5.74, 6) is -8.55. The summed E-state index contributed by atoms with van der Waals surface area (Å²) in [5, 5.41) is 2.59. The Balaban J connectivity index is 1.37. The van der Waals surface area contributed by atoms with Crippen molar-refractivity contribution in [3.8, 4) is 0 Å². The fraction of sp³-hybridized carbons (Fsp3) is 0.489. The van der Waals surface area contributed by atoms with Gasteiger partial charge >= 0.3 is 30.0 Å². The van der Waals surface area contributed by atoms with Crippen LogP contribution in [0.5, 0.6) is 0 Å². The highest BCUT2D eigenvalue weighted by atomic mass is 35.5. The van der Waals surface area contributed by atoms with E-state index in [1.165, 1.54) is 7.11 Å². The van der Waals surface area contributed by atoms with Gasteiger partial charge in [-0.3, -0.25) is 14.4 Å². The summed E-state index contributed by atoms with van der Waals surface area (Å²) < 4.78 is 72.5. The number of hydrogen-bond donors (Lipinski definition) is 1. The molecule has 3 saturated heterocycles. The molecular formula is C45H50Cl3NO17. The third-order valence-corrected chi connectivity index (χ3v) is 11.4. The Morgan fingerprint density at radius 2 is 1.26 bits per heavy atom. The van der Waals surface area contributed by atoms with Crippen molar-refractivity contribution in [2.75, 3.05) is 45.1 Å². The van der Waals surface area contributed by atoms with Crippen LogP contribution in [0.1, 0.15) is 23.1 Å². The molecule has 0 saturated carbocycles. The fourth-order valence-electron chi connectivity index (χ4n) is 7.69. The molecule has 66 heavy (non-hydrogen) atoms. The van der Waals surface area contributed by atoms with Crippen LogP contribution < -0.4 is 5.32 Å². The lowest BCUT2D eigenvalue weighted by atomic mass is 9.88. The van der Waals surface area contributed by atoms with Crippen LogP contribution in [-0.2, 0) is 95.8 Å². The van der Waals surface area contributed by atoms with Gasteiger partial charge in [0.15, 0.2) is 18.5 Å². The standard InChI is InChI=1S/C45H50Cl3NO17/c1-55-42-41(60-24-29-16-10-5-11-17-29)40(59-23-28-14-8-4-9-15-28)37(58-22-27-12-6-3-7-13-27)32(63-42)26-61-45(43(53)56-2)18-30-36(49-44(54)64-30)39(66-45)38(65-35(52)21-48)31(62-34(51)20-47)25-57-33(50)19-46/h3-17,30-32,36-42H,18-26H2,1-2H3,(H,49,54)/t30-,31+,32+,36+,37+,38+,39+,40-,41+,42-,45+/m0/s1. The third-order valence-electron chi connectivity index (χ3n) is 10.7. The summed E-state index contributed by atoms with van der Waals surface area (Å²) in [7, 11) is 2.51. The molecule has 3 aliphatic rings. The average Bonchev–Trinajstić information content (AvgIpc) is 3.74. The van der Waals surface area contributed by atoms with Crippen molar-refractivity contribution in [2.24, 2.45) is 0 Å². The Kier molecular flexibility index (Phi) is 19.2. The molecule has 0 radical (unpaired) electrons. The largest absolute Gasteiger partial charge is 0.465 e. The number of methoxy groups -OCH3 is 2. The minimum atomic E-state index is -2.47. The molecule has 1 N–H and O–H groups in total. The number of rotatable bonds is 23. The number of carbonyl (C=O) groups is 5. The molecule has 11 atom stereocenters. The number of ether oxygens (including phenoxy) is 12. The Hall–Kier alpha value is -4.60. The number of amides is 1. The summed E-state index contributed by atoms with van der Waals surface area (Å²) in [4.78, 5) is 64.8. The molecule has 21 heteroatoms. The average molecular weight is 983 g/mol. The van der Waals surface area contributed by atoms with Crippen molar-refractivity contribution < 1.29 is 80.8 Å². The fourth-order valence-corrected chi connectivity index (χ4v) is 7.89. The van der Waals surface area contributed by atoms with Gasteiger partial charge in [0.2, 0.25) is 0 Å². The molecule has 3 heterocycles. The molecule has 3 aromatic rings. The number of fused-ring (bicyclic) bond motifs is 1. The van der Waals surface area contributed by atoms with E-state index in [-0.39, 0.29) is 19.8 Å². The van der Waals surface area contributed by atoms with Gasteiger partial charge in [-0.2, -0.15) is 0 Å². The zero-order chi connectivity index (χ0) is 47.1. The van der Waals surface area contributed by atoms with Gasteiger partial charge in [0.25, 0.3) is 5.79 Å². The first-order chi connectivity index (χ1) is 32.0. The second-order valence-corrected chi connectivity index (χ2v) is 15.9. The molecule has 3 aromatic carbocycles. The molecule has 0 aliphatic carbocycles. The maximum Gasteiger partial charge on any atom is 0.407 e. The van der Waals surface area contributed by atoms with Crippen LogP contribution >= 0.6 is 34.8 Å². The zero-order valence-electron chi connectivity index (χ0n) is 35.9. The third kappa shape index (κ3) is 13.3. The highest BCUT2D eigenvalue weighted by Gasteiger charge is 2.62. The van der Waals surface area contributed by atoms with Crippen molar-refractivity contribution in [1.82, 2.24) is 5.32 Å². The number of esters is 4. The summed E-state index contributed by atoms with van der Waals surface area (Å²) in [6.07, 6.45) is -12.8. The summed E-state index contributed by atoms with van der Waals surface area (Å²) in [6, 6.07) is 27.1. The van der Waals surface area contributed by atoms with Gasteiger partial charge in [-0.1, -0.05) is 91.0 Å². The number of hydrogen-bond acceptors (Lipinski definition) is 17. The van der Waals surface area contributed by atoms with Crippen molar-refractivity contribution in [2.45, 2.75) is 93.2 Å². The van der Waals surface area contributed by atoms with E-state index in [0.717, 1.165) is 23.8 Å². The SMILES string of the molecule is COC(=O)[C@@]1(OC[C@H]2O[C@H](OC)[C@H](OCc3ccccc3)[C@@H](OCc3ccccc3)[C@@H]2OCc2ccccc2)C[C@@H]2OC(=O)N[C@H]2[C@H]([C@H](OC(=O)CCl)[C@@H](COC(=O)CCl)OC(=O)CCl)O1. The number of carbonyl (C=O) groups excluding carboxylic acids is 5. The van der Waals surface area contributed by atoms with Gasteiger partial charge in [0.1, 0.15) is 60.9 Å². The lowest BCUT2D eigenvalue weighted by molar-refractivity contribution is -0.346. The number of halogens is 3. The van der Waals surface area contributed by atoms with Gasteiger partial charge in [-0.15, -0.1) is 34.8 Å². The quantitative estimate of drug-likeness (QED) is 0.0796. The summed E-state index contributed by atoms with van der Waals surface area (Å²) in [5.41, 5.74) is 2.55. The molecule has 0 spiro atoms. The maximum absolute atomic E-state index is 14.1. The van der Waals surface area contributed by atoms with E-state index in [9.17, 15) is 24.0 Å². The van der Waals surface area contributed by atoms with Gasteiger partial charge in [-0.05, 0) is 16.7 Å². The molecule has 0 bridgehead atoms. The number of alkyl carbamates (subject to hydrolysis) is 1. The lowest BCUT2D eigenvalue weighted by Crippen LogP contribution is -2.67. The van der Waals surface area contributed by atoms with E-state index < -0.39 is 134 Å². The predicted octanol–water partition coefficient (Wildman–Crippen LogP) is 4.35. The van der Waals surface area contributed by atoms with E-state index in [1.54, 1.807) is 0 Å². The minimum Gasteiger partial charge on any atom is -0.465 e. The summed E-state index contributed by atoms with van der Waals surface area (Å²) >= 11 is 17.3. The zero-order valence-corrected chi connectivity index (χ0v) is 38.1. The molecule has 358 valence electrons. The molecule has 3 aliphatic heterocycles. The van der Waals surface area contributed by atoms with Crippen LogP contribution in [-0.4, -0.2) is 142 Å². The molecule has 0 aromatic heterocycles. The first kappa shape index (κ1) is 50.8. The monoisotopic (exact) mass is 981 g/mol. The minimum absolute atomic E-state index is 0.0794. The van der Waals surface area contributed by atoms with Crippen LogP contribution in [0, 0.1) is 0 Å². The highest BCUT2D eigenvalue weighted by Crippen LogP contribution is 2.40. The Morgan fingerprint density at radius 1 is 0.727 bits per heavy atom. The Morgan fingerprint density at radius 3 is 1.79 bits per heavy atom. The van der Waals surface area contributed by atoms with E-state index in [1.807, 2.05) is 91.0 Å². The van der Waals surface area contributed by atoms with Gasteiger partial charge in [-0.25, -0.2) is 9.59 Å². The first-order valence-corrected chi connectivity index (χ1v) is 22.4. The number of benzene rings is 3. The van der Waals surface area contributed by atoms with E-state index >= 15 is 0 Å². The Bertz CT molecular complexity index is 2040. The molecule has 6 rings (SSSR count). The van der Waals surface area contributed by atoms with Crippen LogP contribution in [0.25, 0.3) is 0 Å². The van der Waals surface area contributed by atoms with Gasteiger partial charge < -0.3 is 62.2 Å². The highest BCUT2D eigenvalue weighted by molar-refractivity contribution is 6.27. The van der Waals surface area contributed by atoms with Crippen LogP contribution in [0.2, 0.25) is 0 Å². The van der Waals surface area contributed by atoms with Crippen LogP contribution in [0.3, 0.4) is 0 Å². The molecule has 3 fully saturated rings. The van der Waals surface area contributed by atoms with Crippen LogP contribution in [0.4, 0.5) is 4.79 Å². The van der Waals surface area contributed by atoms with Gasteiger partial charge in [0.05, 0.1) is 46.0 Å². The molecule has 1 amide bonds. The number of nitrogens with one attached hydrogen (secondary N) is 1. The first-order valence-electron chi connectivity index (χ1n) is 20.8. The van der Waals surface area contributed by atoms with E-state index in [0.29, 0.717) is 0 Å². The van der Waals surface area contributed by atoms with Gasteiger partial charge in [0, 0.05) is 7.11 Å². The van der Waals surface area contributed by atoms with Crippen molar-refractivity contribution >= 4 is 64.8 Å². The van der Waals surface area contributed by atoms with E-state index in [4.69, 9.17) is 91.6 Å². The second kappa shape index (κ2) is 25.0. The maximum atomic E-state index is 14.1. The molecular weight excluding hydrogens is 933 g/mol. The van der Waals surface area contributed by atoms with E-state index in [2.05, 4.69) is 5.32 Å². The Labute approximate surface area is 395 Å². The van der Waals surface area contributed by atoms with Crippen LogP contribution in [0.15, 0.2) is 91.0 Å². The van der Waals surface area contributed by atoms with Crippen molar-refractivity contribution in [1.29, 1.82) is 0 Å². The second-order valence-electron chi connectivity index (χ2n) is 15.1. The number of alkyl halides is 3. The predicted molar refractivity (Wildman–Crippen MR) is 231 cm³/mol. The molecule has 18 nitrogen and oxygen atoms in total. The lowest BCUT2D eigenvalue weighted by Gasteiger charge is -2.48. The summed E-state index contributed by atoms with van der Waals surface area (Å²) in [6.45, 7) is -0.887. The normalized spacial score (nSPS) is 26.7. The van der Waals surface area contributed by atoms with Crippen molar-refractivity contribution in [3.63, 3.8) is 0 Å². The topological polar surface area (TPSA) is 208 Å². The van der Waals surface area contributed by atoms with Crippen molar-refractivity contribution in [3.05, 3.63) is 108 Å².